The van der Waals surface area contributed by atoms with Crippen LogP contribution in [0.15, 0.2) is 85.1 Å². The molecule has 0 heterocycles. The fourth-order valence-corrected chi connectivity index (χ4v) is 6.74. The van der Waals surface area contributed by atoms with E-state index in [-0.39, 0.29) is 19.1 Å². The first-order chi connectivity index (χ1) is 28.0. The first-order valence-corrected chi connectivity index (χ1v) is 24.4. The van der Waals surface area contributed by atoms with Crippen LogP contribution in [0.1, 0.15) is 168 Å². The number of phosphoric ester groups is 1. The van der Waals surface area contributed by atoms with Gasteiger partial charge < -0.3 is 28.8 Å². The summed E-state index contributed by atoms with van der Waals surface area (Å²) in [6.07, 6.45) is 55.5. The summed E-state index contributed by atoms with van der Waals surface area (Å²) in [6, 6.07) is -0.802. The molecule has 2 N–H and O–H groups in total. The molecule has 0 radical (unpaired) electrons. The van der Waals surface area contributed by atoms with E-state index in [9.17, 15) is 19.4 Å². The quantitative estimate of drug-likeness (QED) is 0.0276. The molecule has 9 heteroatoms. The van der Waals surface area contributed by atoms with Crippen molar-refractivity contribution in [2.45, 2.75) is 180 Å². The lowest BCUT2D eigenvalue weighted by atomic mass is 10.0. The van der Waals surface area contributed by atoms with Crippen LogP contribution in [0, 0.1) is 0 Å². The van der Waals surface area contributed by atoms with E-state index in [1.807, 2.05) is 21.1 Å². The highest BCUT2D eigenvalue weighted by Gasteiger charge is 2.24. The molecule has 0 bridgehead atoms. The monoisotopic (exact) mass is 831 g/mol. The summed E-state index contributed by atoms with van der Waals surface area (Å²) in [5, 5.41) is 13.5. The number of aliphatic hydroxyl groups excluding tert-OH is 1. The molecule has 0 saturated heterocycles. The molecule has 1 amide bonds. The Hall–Kier alpha value is -2.32. The van der Waals surface area contributed by atoms with Gasteiger partial charge in [-0.15, -0.1) is 0 Å². The average molecular weight is 831 g/mol. The number of phosphoric acid groups is 1. The Morgan fingerprint density at radius 3 is 1.50 bits per heavy atom. The number of quaternary nitrogens is 1. The van der Waals surface area contributed by atoms with Crippen molar-refractivity contribution in [3.8, 4) is 0 Å². The Balaban J connectivity index is 3.87. The molecule has 8 nitrogen and oxygen atoms in total. The van der Waals surface area contributed by atoms with E-state index >= 15 is 0 Å². The van der Waals surface area contributed by atoms with Crippen molar-refractivity contribution in [1.29, 1.82) is 0 Å². The van der Waals surface area contributed by atoms with Gasteiger partial charge >= 0.3 is 0 Å². The first kappa shape index (κ1) is 55.7. The summed E-state index contributed by atoms with van der Waals surface area (Å²) in [5.74, 6) is -0.185. The van der Waals surface area contributed by atoms with Gasteiger partial charge in [0.2, 0.25) is 5.91 Å². The molecule has 0 aliphatic rings. The van der Waals surface area contributed by atoms with Crippen molar-refractivity contribution >= 4 is 13.7 Å². The number of amides is 1. The number of hydrogen-bond donors (Lipinski definition) is 2. The minimum absolute atomic E-state index is 0.00605. The van der Waals surface area contributed by atoms with Crippen LogP contribution in [-0.2, 0) is 18.4 Å². The van der Waals surface area contributed by atoms with Crippen LogP contribution in [0.4, 0.5) is 0 Å². The molecular formula is C49H87N2O6P. The van der Waals surface area contributed by atoms with Crippen molar-refractivity contribution in [3.63, 3.8) is 0 Å². The van der Waals surface area contributed by atoms with Gasteiger partial charge in [-0.25, -0.2) is 0 Å². The topological polar surface area (TPSA) is 108 Å². The lowest BCUT2D eigenvalue weighted by molar-refractivity contribution is -0.870. The Kier molecular flexibility index (Phi) is 38.5. The van der Waals surface area contributed by atoms with Crippen LogP contribution in [-0.4, -0.2) is 68.5 Å². The lowest BCUT2D eigenvalue weighted by Gasteiger charge is -2.30. The molecule has 0 aromatic rings. The predicted molar refractivity (Wildman–Crippen MR) is 246 cm³/mol. The summed E-state index contributed by atoms with van der Waals surface area (Å²) in [7, 11) is 1.28. The Labute approximate surface area is 356 Å². The van der Waals surface area contributed by atoms with E-state index < -0.39 is 20.0 Å². The zero-order chi connectivity index (χ0) is 42.8. The standard InChI is InChI=1S/C49H87N2O6P/c1-6-8-10-11-12-13-14-15-16-17-18-19-20-21-22-23-24-25-26-27-28-29-30-31-32-33-34-35-36-37-38-39-41-43-49(53)50-47(48(52)42-40-9-7-2)46-57-58(54,55)56-45-44-51(3,4)5/h8,10,12-13,15-16,18-19,21-22,24-25,27-28,47-48,52H,6-7,9,11,14,17,20,23,26,29-46H2,1-5H3,(H-,50,53,54,55)/b10-8-,13-12-,16-15-,19-18-,22-21-,25-24-,28-27-. The molecule has 58 heavy (non-hydrogen) atoms. The highest BCUT2D eigenvalue weighted by molar-refractivity contribution is 7.45. The number of allylic oxidation sites excluding steroid dienone is 14. The van der Waals surface area contributed by atoms with Crippen LogP contribution >= 0.6 is 7.82 Å². The molecule has 0 aromatic heterocycles. The van der Waals surface area contributed by atoms with Crippen molar-refractivity contribution in [1.82, 2.24) is 5.32 Å². The van der Waals surface area contributed by atoms with E-state index in [1.165, 1.54) is 57.8 Å². The summed E-state index contributed by atoms with van der Waals surface area (Å²) in [4.78, 5) is 25.0. The maximum absolute atomic E-state index is 12.7. The normalized spacial score (nSPS) is 15.1. The third-order valence-corrected chi connectivity index (χ3v) is 10.6. The van der Waals surface area contributed by atoms with Gasteiger partial charge in [-0.3, -0.25) is 9.36 Å². The smallest absolute Gasteiger partial charge is 0.268 e. The number of carbonyl (C=O) groups is 1. The molecule has 0 aliphatic heterocycles. The first-order valence-electron chi connectivity index (χ1n) is 22.9. The van der Waals surface area contributed by atoms with Gasteiger partial charge in [-0.1, -0.05) is 176 Å². The zero-order valence-corrected chi connectivity index (χ0v) is 38.6. The van der Waals surface area contributed by atoms with Crippen LogP contribution in [0.25, 0.3) is 0 Å². The minimum Gasteiger partial charge on any atom is -0.756 e. The second-order valence-corrected chi connectivity index (χ2v) is 17.8. The number of rotatable bonds is 40. The van der Waals surface area contributed by atoms with Gasteiger partial charge in [-0.2, -0.15) is 0 Å². The second-order valence-electron chi connectivity index (χ2n) is 16.4. The van der Waals surface area contributed by atoms with Gasteiger partial charge in [0.25, 0.3) is 7.82 Å². The van der Waals surface area contributed by atoms with Crippen molar-refractivity contribution in [2.75, 3.05) is 40.9 Å². The van der Waals surface area contributed by atoms with Crippen LogP contribution in [0.3, 0.4) is 0 Å². The number of hydrogen-bond acceptors (Lipinski definition) is 6. The number of likely N-dealkylation sites (N-methyl/N-ethyl adjacent to an activating group) is 1. The molecule has 0 aromatic carbocycles. The second kappa shape index (κ2) is 40.1. The molecule has 0 fully saturated rings. The summed E-state index contributed by atoms with van der Waals surface area (Å²) in [5.41, 5.74) is 0. The summed E-state index contributed by atoms with van der Waals surface area (Å²) in [6.45, 7) is 4.41. The van der Waals surface area contributed by atoms with Crippen LogP contribution in [0.2, 0.25) is 0 Å². The summed E-state index contributed by atoms with van der Waals surface area (Å²) >= 11 is 0. The van der Waals surface area contributed by atoms with Crippen molar-refractivity contribution < 1.29 is 32.9 Å². The van der Waals surface area contributed by atoms with Gasteiger partial charge in [0.05, 0.1) is 39.9 Å². The van der Waals surface area contributed by atoms with E-state index in [0.29, 0.717) is 23.9 Å². The third-order valence-electron chi connectivity index (χ3n) is 9.65. The predicted octanol–water partition coefficient (Wildman–Crippen LogP) is 12.3. The maximum Gasteiger partial charge on any atom is 0.268 e. The number of aliphatic hydroxyl groups is 1. The number of unbranched alkanes of at least 4 members (excludes halogenated alkanes) is 13. The number of nitrogens with zero attached hydrogens (tertiary/aromatic N) is 1. The number of carbonyl (C=O) groups excluding carboxylic acids is 1. The molecule has 3 unspecified atom stereocenters. The fraction of sp³-hybridized carbons (Fsp3) is 0.694. The highest BCUT2D eigenvalue weighted by Crippen LogP contribution is 2.38. The largest absolute Gasteiger partial charge is 0.756 e. The van der Waals surface area contributed by atoms with Gasteiger partial charge in [0.15, 0.2) is 0 Å². The number of nitrogens with one attached hydrogen (secondary N) is 1. The van der Waals surface area contributed by atoms with Gasteiger partial charge in [0.1, 0.15) is 13.2 Å². The van der Waals surface area contributed by atoms with E-state index in [2.05, 4.69) is 104 Å². The molecular weight excluding hydrogens is 744 g/mol. The van der Waals surface area contributed by atoms with Crippen LogP contribution < -0.4 is 10.2 Å². The SMILES string of the molecule is CC/C=C\C/C=C\C/C=C\C/C=C\C/C=C\C/C=C\C/C=C\CCCCCCCCCCCCCC(=O)NC(COP(=O)([O-])OCC[N+](C)(C)C)C(O)CCCCC. The molecule has 3 atom stereocenters. The Morgan fingerprint density at radius 2 is 1.05 bits per heavy atom. The van der Waals surface area contributed by atoms with Crippen LogP contribution in [0.5, 0.6) is 0 Å². The zero-order valence-electron chi connectivity index (χ0n) is 37.7. The minimum atomic E-state index is -4.54. The molecule has 0 spiro atoms. The average Bonchev–Trinajstić information content (AvgIpc) is 3.17. The van der Waals surface area contributed by atoms with Crippen molar-refractivity contribution in [3.05, 3.63) is 85.1 Å². The Bertz CT molecular complexity index is 1220. The van der Waals surface area contributed by atoms with Gasteiger partial charge in [0, 0.05) is 6.42 Å². The third kappa shape index (κ3) is 41.8. The van der Waals surface area contributed by atoms with E-state index in [0.717, 1.165) is 83.5 Å². The Morgan fingerprint density at radius 1 is 0.621 bits per heavy atom. The molecule has 0 aliphatic carbocycles. The molecule has 0 saturated carbocycles. The highest BCUT2D eigenvalue weighted by atomic mass is 31.2. The van der Waals surface area contributed by atoms with Gasteiger partial charge in [-0.05, 0) is 70.6 Å². The maximum atomic E-state index is 12.7. The lowest BCUT2D eigenvalue weighted by Crippen LogP contribution is -2.46. The van der Waals surface area contributed by atoms with Crippen molar-refractivity contribution in [2.24, 2.45) is 0 Å². The van der Waals surface area contributed by atoms with E-state index in [4.69, 9.17) is 9.05 Å². The molecule has 0 rings (SSSR count). The molecule has 334 valence electrons. The fourth-order valence-electron chi connectivity index (χ4n) is 6.02. The van der Waals surface area contributed by atoms with E-state index in [1.54, 1.807) is 0 Å². The summed E-state index contributed by atoms with van der Waals surface area (Å²) < 4.78 is 22.9.